The van der Waals surface area contributed by atoms with E-state index in [1.165, 1.54) is 17.5 Å². The molecule has 0 bridgehead atoms. The summed E-state index contributed by atoms with van der Waals surface area (Å²) in [6.45, 7) is 0. The zero-order chi connectivity index (χ0) is 14.3. The first kappa shape index (κ1) is 12.8. The van der Waals surface area contributed by atoms with Crippen LogP contribution in [0, 0.1) is 0 Å². The normalized spacial score (nSPS) is 11.8. The van der Waals surface area contributed by atoms with Crippen molar-refractivity contribution >= 4 is 31.4 Å². The quantitative estimate of drug-likeness (QED) is 0.771. The molecule has 1 aromatic carbocycles. The predicted octanol–water partition coefficient (Wildman–Crippen LogP) is 1.38. The van der Waals surface area contributed by atoms with Gasteiger partial charge in [-0.15, -0.1) is 11.3 Å². The molecule has 0 aliphatic carbocycles. The van der Waals surface area contributed by atoms with Crippen LogP contribution in [0.2, 0.25) is 0 Å². The van der Waals surface area contributed by atoms with Crippen LogP contribution in [0.1, 0.15) is 0 Å². The molecule has 0 aliphatic heterocycles. The van der Waals surface area contributed by atoms with Crippen molar-refractivity contribution in [2.45, 2.75) is 9.79 Å². The monoisotopic (exact) mass is 309 g/mol. The highest BCUT2D eigenvalue weighted by Gasteiger charge is 2.24. The molecule has 8 heteroatoms. The van der Waals surface area contributed by atoms with Crippen LogP contribution in [-0.2, 0) is 9.84 Å². The van der Waals surface area contributed by atoms with E-state index in [-0.39, 0.29) is 20.0 Å². The summed E-state index contributed by atoms with van der Waals surface area (Å²) in [5.74, 6) is -0.909. The van der Waals surface area contributed by atoms with Gasteiger partial charge < -0.3 is 4.42 Å². The Kier molecular flexibility index (Phi) is 2.84. The molecule has 0 radical (unpaired) electrons. The van der Waals surface area contributed by atoms with Gasteiger partial charge in [-0.05, 0) is 12.1 Å². The van der Waals surface area contributed by atoms with Crippen LogP contribution in [-0.4, -0.2) is 13.4 Å². The maximum Gasteiger partial charge on any atom is 0.420 e. The van der Waals surface area contributed by atoms with Gasteiger partial charge in [0.2, 0.25) is 9.84 Å². The van der Waals surface area contributed by atoms with Crippen LogP contribution in [0.4, 0.5) is 0 Å². The number of H-pyrrole nitrogens is 1. The molecule has 0 unspecified atom stereocenters. The Morgan fingerprint density at radius 3 is 2.50 bits per heavy atom. The number of aromatic nitrogens is 1. The first-order valence-corrected chi connectivity index (χ1v) is 7.81. The zero-order valence-corrected chi connectivity index (χ0v) is 11.5. The van der Waals surface area contributed by atoms with Gasteiger partial charge in [0, 0.05) is 5.38 Å². The smallest absolute Gasteiger partial charge is 0.372 e. The van der Waals surface area contributed by atoms with Gasteiger partial charge in [0.15, 0.2) is 0 Å². The first-order chi connectivity index (χ1) is 9.50. The van der Waals surface area contributed by atoms with Crippen LogP contribution in [0.25, 0.3) is 10.2 Å². The Morgan fingerprint density at radius 1 is 1.10 bits per heavy atom. The van der Waals surface area contributed by atoms with Gasteiger partial charge >= 0.3 is 11.4 Å². The highest BCUT2D eigenvalue weighted by Crippen LogP contribution is 2.29. The number of hydrogen-bond donors (Lipinski definition) is 1. The van der Waals surface area contributed by atoms with Crippen molar-refractivity contribution in [3.63, 3.8) is 0 Å². The summed E-state index contributed by atoms with van der Waals surface area (Å²) in [5, 5.41) is 1.19. The molecule has 0 saturated heterocycles. The van der Waals surface area contributed by atoms with E-state index in [1.54, 1.807) is 18.2 Å². The Bertz CT molecular complexity index is 995. The fourth-order valence-electron chi connectivity index (χ4n) is 1.81. The number of sulfone groups is 1. The Hall–Kier alpha value is -2.19. The lowest BCUT2D eigenvalue weighted by molar-refractivity contribution is 0.459. The molecule has 3 rings (SSSR count). The Balaban J connectivity index is 2.37. The Labute approximate surface area is 116 Å². The third-order valence-electron chi connectivity index (χ3n) is 2.71. The topological polar surface area (TPSA) is 97.2 Å². The van der Waals surface area contributed by atoms with Crippen molar-refractivity contribution in [3.8, 4) is 0 Å². The largest absolute Gasteiger partial charge is 0.420 e. The molecule has 1 N–H and O–H groups in total. The summed E-state index contributed by atoms with van der Waals surface area (Å²) < 4.78 is 29.4. The van der Waals surface area contributed by atoms with E-state index in [4.69, 9.17) is 0 Å². The van der Waals surface area contributed by atoms with Gasteiger partial charge in [-0.2, -0.15) is 0 Å². The van der Waals surface area contributed by atoms with Gasteiger partial charge in [0.1, 0.15) is 10.2 Å². The maximum absolute atomic E-state index is 12.5. The van der Waals surface area contributed by atoms with E-state index in [1.807, 2.05) is 0 Å². The average Bonchev–Trinajstić information content (AvgIpc) is 2.84. The number of benzene rings is 1. The molecule has 0 atom stereocenters. The minimum absolute atomic E-state index is 0.0744. The van der Waals surface area contributed by atoms with E-state index in [0.29, 0.717) is 0 Å². The van der Waals surface area contributed by atoms with Crippen LogP contribution < -0.4 is 11.4 Å². The molecule has 3 aromatic rings. The van der Waals surface area contributed by atoms with E-state index in [9.17, 15) is 18.0 Å². The molecule has 0 saturated carbocycles. The standard InChI is InChI=1S/C12H7NO5S2/c14-11-9-8(6-19-10(9)13-12(15)18-11)20(16,17)7-4-2-1-3-5-7/h1-6H,(H,13,15). The summed E-state index contributed by atoms with van der Waals surface area (Å²) in [7, 11) is -3.83. The lowest BCUT2D eigenvalue weighted by atomic mass is 10.4. The second kappa shape index (κ2) is 4.43. The van der Waals surface area contributed by atoms with Crippen LogP contribution in [0.5, 0.6) is 0 Å². The summed E-state index contributed by atoms with van der Waals surface area (Å²) >= 11 is 0.969. The molecule has 6 nitrogen and oxygen atoms in total. The second-order valence-electron chi connectivity index (χ2n) is 3.92. The van der Waals surface area contributed by atoms with Crippen molar-refractivity contribution in [2.75, 3.05) is 0 Å². The zero-order valence-electron chi connectivity index (χ0n) is 9.82. The summed E-state index contributed by atoms with van der Waals surface area (Å²) in [6.07, 6.45) is 0. The van der Waals surface area contributed by atoms with E-state index >= 15 is 0 Å². The highest BCUT2D eigenvalue weighted by atomic mass is 32.2. The lowest BCUT2D eigenvalue weighted by Crippen LogP contribution is -2.15. The number of hydrogen-bond acceptors (Lipinski definition) is 6. The summed E-state index contributed by atoms with van der Waals surface area (Å²) in [5.41, 5.74) is -0.959. The van der Waals surface area contributed by atoms with E-state index < -0.39 is 21.2 Å². The van der Waals surface area contributed by atoms with Crippen molar-refractivity contribution in [3.05, 3.63) is 56.7 Å². The molecule has 0 aliphatic rings. The van der Waals surface area contributed by atoms with Gasteiger partial charge in [0.25, 0.3) is 0 Å². The molecule has 20 heavy (non-hydrogen) atoms. The number of aromatic amines is 1. The molecular formula is C12H7NO5S2. The number of fused-ring (bicyclic) bond motifs is 1. The minimum Gasteiger partial charge on any atom is -0.372 e. The lowest BCUT2D eigenvalue weighted by Gasteiger charge is -2.01. The fourth-order valence-corrected chi connectivity index (χ4v) is 4.54. The first-order valence-electron chi connectivity index (χ1n) is 5.45. The predicted molar refractivity (Wildman–Crippen MR) is 72.9 cm³/mol. The average molecular weight is 309 g/mol. The van der Waals surface area contributed by atoms with Crippen LogP contribution >= 0.6 is 11.3 Å². The van der Waals surface area contributed by atoms with Gasteiger partial charge in [-0.25, -0.2) is 18.0 Å². The number of nitrogens with one attached hydrogen (secondary N) is 1. The summed E-state index contributed by atoms with van der Waals surface area (Å²) in [6, 6.07) is 7.74. The molecule has 0 fully saturated rings. The molecule has 0 amide bonds. The minimum atomic E-state index is -3.83. The third-order valence-corrected chi connectivity index (χ3v) is 5.54. The van der Waals surface area contributed by atoms with Gasteiger partial charge in [-0.3, -0.25) is 4.98 Å². The molecule has 0 spiro atoms. The molecular weight excluding hydrogens is 302 g/mol. The second-order valence-corrected chi connectivity index (χ2v) is 6.72. The van der Waals surface area contributed by atoms with Gasteiger partial charge in [-0.1, -0.05) is 18.2 Å². The molecule has 2 heterocycles. The molecule has 2 aromatic heterocycles. The highest BCUT2D eigenvalue weighted by molar-refractivity contribution is 7.92. The fraction of sp³-hybridized carbons (Fsp3) is 0. The van der Waals surface area contributed by atoms with Gasteiger partial charge in [0.05, 0.1) is 9.79 Å². The van der Waals surface area contributed by atoms with E-state index in [2.05, 4.69) is 9.40 Å². The van der Waals surface area contributed by atoms with Crippen LogP contribution in [0.3, 0.4) is 0 Å². The maximum atomic E-state index is 12.5. The SMILES string of the molecule is O=c1[nH]c2scc(S(=O)(=O)c3ccccc3)c2c(=O)o1. The number of thiophene rings is 1. The van der Waals surface area contributed by atoms with Crippen molar-refractivity contribution in [2.24, 2.45) is 0 Å². The summed E-state index contributed by atoms with van der Waals surface area (Å²) in [4.78, 5) is 25.2. The number of rotatable bonds is 2. The third kappa shape index (κ3) is 1.89. The molecule has 102 valence electrons. The van der Waals surface area contributed by atoms with E-state index in [0.717, 1.165) is 11.3 Å². The van der Waals surface area contributed by atoms with Crippen molar-refractivity contribution < 1.29 is 12.8 Å². The Morgan fingerprint density at radius 2 is 1.80 bits per heavy atom. The van der Waals surface area contributed by atoms with Crippen molar-refractivity contribution in [1.29, 1.82) is 0 Å². The van der Waals surface area contributed by atoms with Crippen molar-refractivity contribution in [1.82, 2.24) is 4.98 Å². The van der Waals surface area contributed by atoms with Crippen LogP contribution in [0.15, 0.2) is 59.5 Å².